The van der Waals surface area contributed by atoms with Crippen LogP contribution in [0.3, 0.4) is 0 Å². The average molecular weight is 442 g/mol. The number of ether oxygens (including phenoxy) is 1. The number of amides is 1. The van der Waals surface area contributed by atoms with E-state index in [1.807, 2.05) is 6.92 Å². The molecule has 2 aromatic heterocycles. The van der Waals surface area contributed by atoms with Crippen molar-refractivity contribution in [2.24, 2.45) is 0 Å². The van der Waals surface area contributed by atoms with Crippen LogP contribution >= 0.6 is 11.8 Å². The molecule has 162 valence electrons. The summed E-state index contributed by atoms with van der Waals surface area (Å²) in [7, 11) is 1.29. The molecule has 0 aliphatic rings. The molecule has 1 N–H and O–H groups in total. The number of nitrogens with one attached hydrogen (secondary N) is 1. The molecule has 1 atom stereocenters. The molecule has 31 heavy (non-hydrogen) atoms. The van der Waals surface area contributed by atoms with E-state index in [0.717, 1.165) is 12.8 Å². The highest BCUT2D eigenvalue weighted by atomic mass is 32.2. The zero-order valence-electron chi connectivity index (χ0n) is 17.5. The molecule has 3 rings (SSSR count). The van der Waals surface area contributed by atoms with Gasteiger partial charge in [0.2, 0.25) is 11.9 Å². The Morgan fingerprint density at radius 1 is 1.26 bits per heavy atom. The van der Waals surface area contributed by atoms with Gasteiger partial charge in [0.25, 0.3) is 5.56 Å². The molecule has 1 aromatic carbocycles. The van der Waals surface area contributed by atoms with Gasteiger partial charge in [-0.15, -0.1) is 0 Å². The van der Waals surface area contributed by atoms with Gasteiger partial charge in [-0.25, -0.2) is 19.7 Å². The number of esters is 1. The Balaban J connectivity index is 1.96. The van der Waals surface area contributed by atoms with Crippen molar-refractivity contribution in [2.75, 3.05) is 12.4 Å². The molecule has 2 heterocycles. The van der Waals surface area contributed by atoms with Gasteiger partial charge >= 0.3 is 5.97 Å². The molecular formula is C21H23N5O4S. The maximum absolute atomic E-state index is 13.1. The number of aromatic nitrogens is 4. The summed E-state index contributed by atoms with van der Waals surface area (Å²) >= 11 is 1.17. The first-order chi connectivity index (χ1) is 14.9. The van der Waals surface area contributed by atoms with Crippen molar-refractivity contribution in [2.45, 2.75) is 43.6 Å². The van der Waals surface area contributed by atoms with E-state index in [9.17, 15) is 14.4 Å². The van der Waals surface area contributed by atoms with Gasteiger partial charge in [-0.05, 0) is 37.6 Å². The zero-order valence-corrected chi connectivity index (χ0v) is 18.3. The lowest BCUT2D eigenvalue weighted by atomic mass is 10.1. The van der Waals surface area contributed by atoms with Crippen molar-refractivity contribution in [1.29, 1.82) is 0 Å². The number of rotatable bonds is 8. The molecule has 0 unspecified atom stereocenters. The lowest BCUT2D eigenvalue weighted by Gasteiger charge is -2.16. The van der Waals surface area contributed by atoms with Crippen LogP contribution < -0.4 is 10.9 Å². The smallest absolute Gasteiger partial charge is 0.337 e. The van der Waals surface area contributed by atoms with Gasteiger partial charge in [0.15, 0.2) is 5.16 Å². The van der Waals surface area contributed by atoms with E-state index < -0.39 is 11.2 Å². The summed E-state index contributed by atoms with van der Waals surface area (Å²) in [5, 5.41) is 2.90. The number of carbonyl (C=O) groups is 2. The van der Waals surface area contributed by atoms with Gasteiger partial charge in [-0.2, -0.15) is 0 Å². The van der Waals surface area contributed by atoms with Gasteiger partial charge in [0, 0.05) is 18.9 Å². The van der Waals surface area contributed by atoms with Crippen LogP contribution in [0.5, 0.6) is 0 Å². The molecule has 3 aromatic rings. The van der Waals surface area contributed by atoms with Crippen molar-refractivity contribution in [3.63, 3.8) is 0 Å². The minimum atomic E-state index is -0.565. The van der Waals surface area contributed by atoms with Crippen LogP contribution in [0.2, 0.25) is 0 Å². The maximum Gasteiger partial charge on any atom is 0.337 e. The Morgan fingerprint density at radius 3 is 2.68 bits per heavy atom. The van der Waals surface area contributed by atoms with E-state index in [-0.39, 0.29) is 17.4 Å². The zero-order chi connectivity index (χ0) is 22.4. The highest BCUT2D eigenvalue weighted by Gasteiger charge is 2.20. The second-order valence-corrected chi connectivity index (χ2v) is 8.06. The van der Waals surface area contributed by atoms with Crippen molar-refractivity contribution < 1.29 is 14.3 Å². The van der Waals surface area contributed by atoms with Crippen LogP contribution in [0, 0.1) is 0 Å². The second-order valence-electron chi connectivity index (χ2n) is 6.75. The quantitative estimate of drug-likeness (QED) is 0.322. The summed E-state index contributed by atoms with van der Waals surface area (Å²) in [4.78, 5) is 50.2. The second kappa shape index (κ2) is 10.2. The molecule has 0 bridgehead atoms. The van der Waals surface area contributed by atoms with Gasteiger partial charge < -0.3 is 4.74 Å². The topological polar surface area (TPSA) is 116 Å². The minimum Gasteiger partial charge on any atom is -0.465 e. The third-order valence-electron chi connectivity index (χ3n) is 4.53. The summed E-state index contributed by atoms with van der Waals surface area (Å²) in [5.74, 6) is -0.614. The number of anilines is 1. The number of methoxy groups -OCH3 is 1. The minimum absolute atomic E-state index is 0.206. The Kier molecular flexibility index (Phi) is 7.35. The molecule has 0 saturated heterocycles. The summed E-state index contributed by atoms with van der Waals surface area (Å²) in [6, 6.07) is 6.31. The number of carbonyl (C=O) groups excluding carboxylic acids is 2. The predicted octanol–water partition coefficient (Wildman–Crippen LogP) is 2.89. The summed E-state index contributed by atoms with van der Waals surface area (Å²) in [6.07, 6.45) is 4.76. The molecule has 9 nitrogen and oxygen atoms in total. The number of fused-ring (bicyclic) bond motifs is 1. The van der Waals surface area contributed by atoms with Crippen LogP contribution in [0.15, 0.2) is 46.6 Å². The molecule has 0 aliphatic carbocycles. The van der Waals surface area contributed by atoms with E-state index in [1.165, 1.54) is 37.3 Å². The summed E-state index contributed by atoms with van der Waals surface area (Å²) in [6.45, 7) is 4.23. The lowest BCUT2D eigenvalue weighted by molar-refractivity contribution is -0.115. The first-order valence-corrected chi connectivity index (χ1v) is 10.7. The summed E-state index contributed by atoms with van der Waals surface area (Å²) in [5.41, 5.74) is 0.467. The number of hydrogen-bond acceptors (Lipinski definition) is 8. The predicted molar refractivity (Wildman–Crippen MR) is 118 cm³/mol. The number of thioether (sulfide) groups is 1. The van der Waals surface area contributed by atoms with Crippen molar-refractivity contribution >= 4 is 40.5 Å². The molecule has 0 fully saturated rings. The fraction of sp³-hybridized carbons (Fsp3) is 0.333. The highest BCUT2D eigenvalue weighted by Crippen LogP contribution is 2.24. The third-order valence-corrected chi connectivity index (χ3v) is 5.62. The highest BCUT2D eigenvalue weighted by molar-refractivity contribution is 8.00. The van der Waals surface area contributed by atoms with Crippen LogP contribution in [0.4, 0.5) is 5.95 Å². The molecule has 0 radical (unpaired) electrons. The Labute approximate surface area is 183 Å². The molecule has 0 aliphatic heterocycles. The maximum atomic E-state index is 13.1. The molecule has 1 amide bonds. The van der Waals surface area contributed by atoms with Crippen LogP contribution in [-0.4, -0.2) is 43.8 Å². The first kappa shape index (κ1) is 22.4. The van der Waals surface area contributed by atoms with E-state index >= 15 is 0 Å². The number of hydrogen-bond donors (Lipinski definition) is 1. The van der Waals surface area contributed by atoms with Crippen molar-refractivity contribution in [1.82, 2.24) is 19.5 Å². The number of nitrogens with zero attached hydrogens (tertiary/aromatic N) is 4. The molecule has 0 spiro atoms. The SMILES string of the molecule is CCCCn1c(S[C@H](C)C(=O)Nc2ncccn2)nc2cc(C(=O)OC)ccc2c1=O. The van der Waals surface area contributed by atoms with Crippen molar-refractivity contribution in [3.8, 4) is 0 Å². The largest absolute Gasteiger partial charge is 0.465 e. The monoisotopic (exact) mass is 441 g/mol. The normalized spacial score (nSPS) is 11.8. The molecular weight excluding hydrogens is 418 g/mol. The Hall–Kier alpha value is -3.27. The number of benzene rings is 1. The van der Waals surface area contributed by atoms with Gasteiger partial charge in [0.1, 0.15) is 0 Å². The first-order valence-electron chi connectivity index (χ1n) is 9.82. The fourth-order valence-corrected chi connectivity index (χ4v) is 3.77. The van der Waals surface area contributed by atoms with Crippen LogP contribution in [0.25, 0.3) is 10.9 Å². The van der Waals surface area contributed by atoms with E-state index in [1.54, 1.807) is 29.7 Å². The molecule has 0 saturated carbocycles. The Bertz CT molecular complexity index is 1150. The van der Waals surface area contributed by atoms with Gasteiger partial charge in [-0.3, -0.25) is 19.5 Å². The third kappa shape index (κ3) is 5.26. The van der Waals surface area contributed by atoms with E-state index in [0.29, 0.717) is 28.2 Å². The summed E-state index contributed by atoms with van der Waals surface area (Å²) < 4.78 is 6.34. The van der Waals surface area contributed by atoms with Crippen LogP contribution in [-0.2, 0) is 16.1 Å². The van der Waals surface area contributed by atoms with Gasteiger partial charge in [0.05, 0.1) is 28.8 Å². The number of unbranched alkanes of at least 4 members (excludes halogenated alkanes) is 1. The fourth-order valence-electron chi connectivity index (χ4n) is 2.84. The standard InChI is InChI=1S/C21H23N5O4S/c1-4-5-11-26-18(28)15-8-7-14(19(29)30-3)12-16(15)24-21(26)31-13(2)17(27)25-20-22-9-6-10-23-20/h6-10,12-13H,4-5,11H2,1-3H3,(H,22,23,25,27)/t13-/m1/s1. The molecule has 10 heteroatoms. The van der Waals surface area contributed by atoms with Crippen LogP contribution in [0.1, 0.15) is 37.0 Å². The van der Waals surface area contributed by atoms with E-state index in [2.05, 4.69) is 20.3 Å². The average Bonchev–Trinajstić information content (AvgIpc) is 2.78. The van der Waals surface area contributed by atoms with E-state index in [4.69, 9.17) is 4.74 Å². The van der Waals surface area contributed by atoms with Gasteiger partial charge in [-0.1, -0.05) is 25.1 Å². The lowest BCUT2D eigenvalue weighted by Crippen LogP contribution is -2.27. The van der Waals surface area contributed by atoms with Crippen molar-refractivity contribution in [3.05, 3.63) is 52.6 Å². The Morgan fingerprint density at radius 2 is 2.00 bits per heavy atom.